The summed E-state index contributed by atoms with van der Waals surface area (Å²) in [5, 5.41) is 2.82. The van der Waals surface area contributed by atoms with Crippen molar-refractivity contribution in [2.45, 2.75) is 12.8 Å². The molecule has 0 bridgehead atoms. The molecule has 0 aliphatic rings. The standard InChI is InChI=1S/C20H26FN3O3S/c1-23(17-9-4-3-5-10-17)16-14-22-20(25)13-8-15-24(28(2,26)27)19-12-7-6-11-18(19)21/h3-7,9-12H,8,13-16H2,1-2H3,(H,22,25). The van der Waals surface area contributed by atoms with Crippen LogP contribution in [0.15, 0.2) is 54.6 Å². The van der Waals surface area contributed by atoms with Crippen LogP contribution >= 0.6 is 0 Å². The van der Waals surface area contributed by atoms with E-state index in [1.54, 1.807) is 6.07 Å². The molecule has 0 radical (unpaired) electrons. The number of hydrogen-bond donors (Lipinski definition) is 1. The van der Waals surface area contributed by atoms with E-state index in [0.29, 0.717) is 19.5 Å². The van der Waals surface area contributed by atoms with E-state index < -0.39 is 15.8 Å². The van der Waals surface area contributed by atoms with Gasteiger partial charge in [0.15, 0.2) is 0 Å². The number of anilines is 2. The Morgan fingerprint density at radius 3 is 2.32 bits per heavy atom. The molecule has 6 nitrogen and oxygen atoms in total. The summed E-state index contributed by atoms with van der Waals surface area (Å²) in [5.41, 5.74) is 1.06. The second-order valence-electron chi connectivity index (χ2n) is 6.50. The maximum atomic E-state index is 13.9. The van der Waals surface area contributed by atoms with Crippen molar-refractivity contribution >= 4 is 27.3 Å². The molecule has 0 spiro atoms. The zero-order chi connectivity index (χ0) is 20.6. The second kappa shape index (κ2) is 10.1. The summed E-state index contributed by atoms with van der Waals surface area (Å²) in [6.07, 6.45) is 1.48. The van der Waals surface area contributed by atoms with E-state index in [2.05, 4.69) is 5.32 Å². The van der Waals surface area contributed by atoms with Gasteiger partial charge in [0.2, 0.25) is 15.9 Å². The third-order valence-electron chi connectivity index (χ3n) is 4.25. The predicted octanol–water partition coefficient (Wildman–Crippen LogP) is 2.62. The van der Waals surface area contributed by atoms with Crippen LogP contribution in [0.1, 0.15) is 12.8 Å². The Hall–Kier alpha value is -2.61. The molecule has 1 N–H and O–H groups in total. The van der Waals surface area contributed by atoms with Gasteiger partial charge in [-0.1, -0.05) is 30.3 Å². The van der Waals surface area contributed by atoms with Crippen LogP contribution in [0.4, 0.5) is 15.8 Å². The number of amides is 1. The molecule has 28 heavy (non-hydrogen) atoms. The molecule has 0 aliphatic heterocycles. The molecule has 0 saturated heterocycles. The Bertz CT molecular complexity index is 875. The van der Waals surface area contributed by atoms with Gasteiger partial charge in [-0.15, -0.1) is 0 Å². The first-order valence-electron chi connectivity index (χ1n) is 9.04. The lowest BCUT2D eigenvalue weighted by Gasteiger charge is -2.23. The average molecular weight is 408 g/mol. The highest BCUT2D eigenvalue weighted by Gasteiger charge is 2.20. The lowest BCUT2D eigenvalue weighted by Crippen LogP contribution is -2.34. The summed E-state index contributed by atoms with van der Waals surface area (Å²) in [7, 11) is -1.70. The Balaban J connectivity index is 1.79. The SMILES string of the molecule is CN(CCNC(=O)CCCN(c1ccccc1F)S(C)(=O)=O)c1ccccc1. The maximum absolute atomic E-state index is 13.9. The minimum absolute atomic E-state index is 0.00473. The number of likely N-dealkylation sites (N-methyl/N-ethyl adjacent to an activating group) is 1. The van der Waals surface area contributed by atoms with Crippen LogP contribution < -0.4 is 14.5 Å². The zero-order valence-electron chi connectivity index (χ0n) is 16.1. The van der Waals surface area contributed by atoms with Gasteiger partial charge in [-0.25, -0.2) is 12.8 Å². The number of hydrogen-bond acceptors (Lipinski definition) is 4. The number of nitrogens with one attached hydrogen (secondary N) is 1. The summed E-state index contributed by atoms with van der Waals surface area (Å²) in [4.78, 5) is 14.1. The highest BCUT2D eigenvalue weighted by atomic mass is 32.2. The molecule has 0 heterocycles. The molecule has 2 rings (SSSR count). The summed E-state index contributed by atoms with van der Waals surface area (Å²) in [5.74, 6) is -0.773. The molecule has 8 heteroatoms. The van der Waals surface area contributed by atoms with Gasteiger partial charge in [-0.3, -0.25) is 9.10 Å². The second-order valence-corrected chi connectivity index (χ2v) is 8.40. The van der Waals surface area contributed by atoms with Gasteiger partial charge in [0.05, 0.1) is 11.9 Å². The number of nitrogens with zero attached hydrogens (tertiary/aromatic N) is 2. The Kier molecular flexibility index (Phi) is 7.80. The van der Waals surface area contributed by atoms with E-state index >= 15 is 0 Å². The van der Waals surface area contributed by atoms with Gasteiger partial charge in [0, 0.05) is 38.8 Å². The smallest absolute Gasteiger partial charge is 0.232 e. The van der Waals surface area contributed by atoms with Gasteiger partial charge in [-0.2, -0.15) is 0 Å². The van der Waals surface area contributed by atoms with E-state index in [-0.39, 0.29) is 24.6 Å². The van der Waals surface area contributed by atoms with Gasteiger partial charge in [0.25, 0.3) is 0 Å². The maximum Gasteiger partial charge on any atom is 0.232 e. The van der Waals surface area contributed by atoms with Crippen LogP contribution in [-0.4, -0.2) is 47.3 Å². The minimum atomic E-state index is -3.64. The summed E-state index contributed by atoms with van der Waals surface area (Å²) >= 11 is 0. The lowest BCUT2D eigenvalue weighted by molar-refractivity contribution is -0.121. The van der Waals surface area contributed by atoms with Crippen molar-refractivity contribution in [3.8, 4) is 0 Å². The van der Waals surface area contributed by atoms with Crippen LogP contribution in [0.25, 0.3) is 0 Å². The van der Waals surface area contributed by atoms with Gasteiger partial charge < -0.3 is 10.2 Å². The summed E-state index contributed by atoms with van der Waals surface area (Å²) in [6.45, 7) is 1.17. The highest BCUT2D eigenvalue weighted by molar-refractivity contribution is 7.92. The number of carbonyl (C=O) groups excluding carboxylic acids is 1. The van der Waals surface area contributed by atoms with Crippen LogP contribution in [0.3, 0.4) is 0 Å². The van der Waals surface area contributed by atoms with Crippen molar-refractivity contribution in [3.05, 3.63) is 60.4 Å². The van der Waals surface area contributed by atoms with Crippen molar-refractivity contribution in [1.29, 1.82) is 0 Å². The van der Waals surface area contributed by atoms with E-state index in [1.165, 1.54) is 18.2 Å². The monoisotopic (exact) mass is 407 g/mol. The number of sulfonamides is 1. The molecule has 1 amide bonds. The first-order valence-corrected chi connectivity index (χ1v) is 10.9. The quantitative estimate of drug-likeness (QED) is 0.657. The largest absolute Gasteiger partial charge is 0.373 e. The van der Waals surface area contributed by atoms with E-state index in [4.69, 9.17) is 0 Å². The van der Waals surface area contributed by atoms with Crippen molar-refractivity contribution in [2.24, 2.45) is 0 Å². The van der Waals surface area contributed by atoms with E-state index in [1.807, 2.05) is 42.3 Å². The molecule has 2 aromatic carbocycles. The molecular formula is C20H26FN3O3S. The molecular weight excluding hydrogens is 381 g/mol. The van der Waals surface area contributed by atoms with Gasteiger partial charge >= 0.3 is 0 Å². The minimum Gasteiger partial charge on any atom is -0.373 e. The molecule has 0 unspecified atom stereocenters. The fraction of sp³-hybridized carbons (Fsp3) is 0.350. The number of rotatable bonds is 10. The van der Waals surface area contributed by atoms with Gasteiger partial charge in [0.1, 0.15) is 5.82 Å². The molecule has 2 aromatic rings. The Morgan fingerprint density at radius 1 is 1.04 bits per heavy atom. The third kappa shape index (κ3) is 6.53. The molecule has 0 fully saturated rings. The van der Waals surface area contributed by atoms with E-state index in [9.17, 15) is 17.6 Å². The van der Waals surface area contributed by atoms with Crippen LogP contribution in [0, 0.1) is 5.82 Å². The molecule has 0 atom stereocenters. The summed E-state index contributed by atoms with van der Waals surface area (Å²) in [6, 6.07) is 15.5. The lowest BCUT2D eigenvalue weighted by atomic mass is 10.2. The van der Waals surface area contributed by atoms with Crippen molar-refractivity contribution < 1.29 is 17.6 Å². The zero-order valence-corrected chi connectivity index (χ0v) is 17.0. The number of para-hydroxylation sites is 2. The highest BCUT2D eigenvalue weighted by Crippen LogP contribution is 2.21. The van der Waals surface area contributed by atoms with Crippen LogP contribution in [0.2, 0.25) is 0 Å². The average Bonchev–Trinajstić information content (AvgIpc) is 2.66. The number of carbonyl (C=O) groups is 1. The fourth-order valence-electron chi connectivity index (χ4n) is 2.77. The predicted molar refractivity (Wildman–Crippen MR) is 111 cm³/mol. The van der Waals surface area contributed by atoms with Crippen molar-refractivity contribution in [1.82, 2.24) is 5.32 Å². The van der Waals surface area contributed by atoms with Gasteiger partial charge in [-0.05, 0) is 30.7 Å². The van der Waals surface area contributed by atoms with Crippen molar-refractivity contribution in [3.63, 3.8) is 0 Å². The third-order valence-corrected chi connectivity index (χ3v) is 5.43. The molecule has 152 valence electrons. The van der Waals surface area contributed by atoms with Crippen LogP contribution in [-0.2, 0) is 14.8 Å². The first kappa shape index (κ1) is 21.7. The Labute approximate surface area is 166 Å². The molecule has 0 aromatic heterocycles. The summed E-state index contributed by atoms with van der Waals surface area (Å²) < 4.78 is 38.9. The normalized spacial score (nSPS) is 11.1. The molecule has 0 saturated carbocycles. The topological polar surface area (TPSA) is 69.7 Å². The number of halogens is 1. The fourth-order valence-corrected chi connectivity index (χ4v) is 3.73. The van der Waals surface area contributed by atoms with Crippen molar-refractivity contribution in [2.75, 3.05) is 42.1 Å². The Morgan fingerprint density at radius 2 is 1.68 bits per heavy atom. The van der Waals surface area contributed by atoms with Crippen LogP contribution in [0.5, 0.6) is 0 Å². The number of benzene rings is 2. The van der Waals surface area contributed by atoms with E-state index in [0.717, 1.165) is 16.2 Å². The molecule has 0 aliphatic carbocycles. The first-order chi connectivity index (χ1) is 13.3.